The number of rotatable bonds is 8. The van der Waals surface area contributed by atoms with E-state index in [2.05, 4.69) is 16.0 Å². The number of carbonyl (C=O) groups excluding carboxylic acids is 3. The Kier molecular flexibility index (Phi) is 7.16. The van der Waals surface area contributed by atoms with Crippen molar-refractivity contribution in [1.29, 1.82) is 0 Å². The highest BCUT2D eigenvalue weighted by Gasteiger charge is 2.24. The Morgan fingerprint density at radius 1 is 0.963 bits per heavy atom. The molecule has 0 saturated carbocycles. The molecule has 144 valence electrons. The van der Waals surface area contributed by atoms with E-state index in [1.54, 1.807) is 24.3 Å². The molecule has 2 rings (SSSR count). The summed E-state index contributed by atoms with van der Waals surface area (Å²) in [4.78, 5) is 36.5. The summed E-state index contributed by atoms with van der Waals surface area (Å²) in [6, 6.07) is 9.67. The highest BCUT2D eigenvalue weighted by Crippen LogP contribution is 2.07. The second-order valence-electron chi connectivity index (χ2n) is 6.59. The molecule has 3 amide bonds. The van der Waals surface area contributed by atoms with Crippen LogP contribution in [0.4, 0.5) is 0 Å². The average Bonchev–Trinajstić information content (AvgIpc) is 3.17. The molecule has 0 aliphatic rings. The second kappa shape index (κ2) is 9.56. The zero-order valence-electron chi connectivity index (χ0n) is 15.7. The minimum atomic E-state index is -0.667. The third-order valence-electron chi connectivity index (χ3n) is 4.00. The number of aryl methyl sites for hydroxylation is 1. The lowest BCUT2D eigenvalue weighted by atomic mass is 10.0. The maximum absolute atomic E-state index is 12.4. The van der Waals surface area contributed by atoms with Gasteiger partial charge >= 0.3 is 0 Å². The number of furan rings is 1. The van der Waals surface area contributed by atoms with Gasteiger partial charge in [0.2, 0.25) is 5.91 Å². The lowest BCUT2D eigenvalue weighted by Crippen LogP contribution is -2.50. The molecule has 27 heavy (non-hydrogen) atoms. The SMILES string of the molecule is Cc1ccc(C(=O)NC(C(=O)NCCNC(=O)c2ccco2)C(C)C)cc1. The Labute approximate surface area is 158 Å². The normalized spacial score (nSPS) is 11.7. The molecule has 0 aliphatic heterocycles. The van der Waals surface area contributed by atoms with Crippen LogP contribution in [0.2, 0.25) is 0 Å². The van der Waals surface area contributed by atoms with Gasteiger partial charge in [-0.15, -0.1) is 0 Å². The predicted octanol–water partition coefficient (Wildman–Crippen LogP) is 1.89. The zero-order chi connectivity index (χ0) is 19.8. The predicted molar refractivity (Wildman–Crippen MR) is 101 cm³/mol. The first kappa shape index (κ1) is 20.2. The van der Waals surface area contributed by atoms with Crippen LogP contribution in [0.25, 0.3) is 0 Å². The van der Waals surface area contributed by atoms with Crippen molar-refractivity contribution in [3.63, 3.8) is 0 Å². The molecule has 1 unspecified atom stereocenters. The van der Waals surface area contributed by atoms with Crippen LogP contribution in [0.1, 0.15) is 40.3 Å². The van der Waals surface area contributed by atoms with Crippen LogP contribution in [-0.4, -0.2) is 36.9 Å². The number of hydrogen-bond donors (Lipinski definition) is 3. The van der Waals surface area contributed by atoms with Crippen molar-refractivity contribution in [3.8, 4) is 0 Å². The van der Waals surface area contributed by atoms with Crippen molar-refractivity contribution in [2.24, 2.45) is 5.92 Å². The third kappa shape index (κ3) is 5.99. The van der Waals surface area contributed by atoms with E-state index in [0.29, 0.717) is 5.56 Å². The minimum absolute atomic E-state index is 0.0860. The number of nitrogens with one attached hydrogen (secondary N) is 3. The maximum Gasteiger partial charge on any atom is 0.287 e. The smallest absolute Gasteiger partial charge is 0.287 e. The maximum atomic E-state index is 12.4. The van der Waals surface area contributed by atoms with Gasteiger partial charge in [0.05, 0.1) is 6.26 Å². The molecule has 1 aromatic carbocycles. The van der Waals surface area contributed by atoms with E-state index in [1.807, 2.05) is 32.9 Å². The summed E-state index contributed by atoms with van der Waals surface area (Å²) in [5, 5.41) is 8.15. The molecule has 0 radical (unpaired) electrons. The molecule has 7 heteroatoms. The highest BCUT2D eigenvalue weighted by molar-refractivity contribution is 5.97. The van der Waals surface area contributed by atoms with Gasteiger partial charge in [0.1, 0.15) is 6.04 Å². The van der Waals surface area contributed by atoms with Crippen LogP contribution in [-0.2, 0) is 4.79 Å². The van der Waals surface area contributed by atoms with E-state index in [-0.39, 0.29) is 42.5 Å². The Morgan fingerprint density at radius 2 is 1.63 bits per heavy atom. The molecule has 1 heterocycles. The van der Waals surface area contributed by atoms with Gasteiger partial charge in [-0.25, -0.2) is 0 Å². The number of benzene rings is 1. The van der Waals surface area contributed by atoms with Crippen LogP contribution >= 0.6 is 0 Å². The Bertz CT molecular complexity index is 767. The highest BCUT2D eigenvalue weighted by atomic mass is 16.3. The van der Waals surface area contributed by atoms with Gasteiger partial charge in [0, 0.05) is 18.7 Å². The van der Waals surface area contributed by atoms with E-state index in [1.165, 1.54) is 6.26 Å². The van der Waals surface area contributed by atoms with Gasteiger partial charge in [-0.05, 0) is 37.1 Å². The zero-order valence-corrected chi connectivity index (χ0v) is 15.7. The van der Waals surface area contributed by atoms with Gasteiger partial charge in [0.25, 0.3) is 11.8 Å². The molecular weight excluding hydrogens is 346 g/mol. The summed E-state index contributed by atoms with van der Waals surface area (Å²) < 4.78 is 4.99. The minimum Gasteiger partial charge on any atom is -0.459 e. The topological polar surface area (TPSA) is 100 Å². The molecule has 7 nitrogen and oxygen atoms in total. The largest absolute Gasteiger partial charge is 0.459 e. The van der Waals surface area contributed by atoms with Crippen molar-refractivity contribution < 1.29 is 18.8 Å². The van der Waals surface area contributed by atoms with Gasteiger partial charge in [-0.1, -0.05) is 31.5 Å². The average molecular weight is 371 g/mol. The molecule has 0 spiro atoms. The summed E-state index contributed by atoms with van der Waals surface area (Å²) in [7, 11) is 0. The van der Waals surface area contributed by atoms with Crippen LogP contribution in [0, 0.1) is 12.8 Å². The third-order valence-corrected chi connectivity index (χ3v) is 4.00. The molecule has 0 aliphatic carbocycles. The van der Waals surface area contributed by atoms with Gasteiger partial charge < -0.3 is 20.4 Å². The van der Waals surface area contributed by atoms with Gasteiger partial charge in [0.15, 0.2) is 5.76 Å². The Balaban J connectivity index is 1.82. The summed E-state index contributed by atoms with van der Waals surface area (Å²) in [5.74, 6) is -0.807. The van der Waals surface area contributed by atoms with E-state index in [9.17, 15) is 14.4 Å². The van der Waals surface area contributed by atoms with Crippen molar-refractivity contribution in [3.05, 3.63) is 59.5 Å². The van der Waals surface area contributed by atoms with Crippen molar-refractivity contribution in [2.45, 2.75) is 26.8 Å². The molecule has 1 aromatic heterocycles. The standard InChI is InChI=1S/C20H25N3O4/c1-13(2)17(23-18(24)15-8-6-14(3)7-9-15)20(26)22-11-10-21-19(25)16-5-4-12-27-16/h4-9,12-13,17H,10-11H2,1-3H3,(H,21,25)(H,22,26)(H,23,24). The van der Waals surface area contributed by atoms with Crippen molar-refractivity contribution in [1.82, 2.24) is 16.0 Å². The first-order valence-electron chi connectivity index (χ1n) is 8.85. The molecule has 2 aromatic rings. The Morgan fingerprint density at radius 3 is 2.22 bits per heavy atom. The lowest BCUT2D eigenvalue weighted by Gasteiger charge is -2.22. The monoisotopic (exact) mass is 371 g/mol. The Hall–Kier alpha value is -3.09. The summed E-state index contributed by atoms with van der Waals surface area (Å²) >= 11 is 0. The van der Waals surface area contributed by atoms with Crippen molar-refractivity contribution >= 4 is 17.7 Å². The molecule has 1 atom stereocenters. The quantitative estimate of drug-likeness (QED) is 0.617. The number of carbonyl (C=O) groups is 3. The molecule has 0 fully saturated rings. The number of amides is 3. The van der Waals surface area contributed by atoms with E-state index < -0.39 is 6.04 Å². The summed E-state index contributed by atoms with van der Waals surface area (Å²) in [6.45, 7) is 6.16. The van der Waals surface area contributed by atoms with Gasteiger partial charge in [-0.2, -0.15) is 0 Å². The van der Waals surface area contributed by atoms with Crippen molar-refractivity contribution in [2.75, 3.05) is 13.1 Å². The molecule has 3 N–H and O–H groups in total. The lowest BCUT2D eigenvalue weighted by molar-refractivity contribution is -0.123. The van der Waals surface area contributed by atoms with Crippen LogP contribution in [0.15, 0.2) is 47.1 Å². The second-order valence-corrected chi connectivity index (χ2v) is 6.59. The number of hydrogen-bond acceptors (Lipinski definition) is 4. The summed E-state index contributed by atoms with van der Waals surface area (Å²) in [6.07, 6.45) is 1.42. The van der Waals surface area contributed by atoms with E-state index in [0.717, 1.165) is 5.56 Å². The molecule has 0 saturated heterocycles. The van der Waals surface area contributed by atoms with E-state index in [4.69, 9.17) is 4.42 Å². The first-order valence-corrected chi connectivity index (χ1v) is 8.85. The summed E-state index contributed by atoms with van der Waals surface area (Å²) in [5.41, 5.74) is 1.56. The fraction of sp³-hybridized carbons (Fsp3) is 0.350. The van der Waals surface area contributed by atoms with Crippen LogP contribution < -0.4 is 16.0 Å². The van der Waals surface area contributed by atoms with Crippen LogP contribution in [0.5, 0.6) is 0 Å². The molecule has 0 bridgehead atoms. The first-order chi connectivity index (χ1) is 12.9. The fourth-order valence-corrected chi connectivity index (χ4v) is 2.43. The van der Waals surface area contributed by atoms with Gasteiger partial charge in [-0.3, -0.25) is 14.4 Å². The molecular formula is C20H25N3O4. The van der Waals surface area contributed by atoms with Crippen LogP contribution in [0.3, 0.4) is 0 Å². The fourth-order valence-electron chi connectivity index (χ4n) is 2.43. The van der Waals surface area contributed by atoms with E-state index >= 15 is 0 Å².